The molecule has 1 saturated heterocycles. The van der Waals surface area contributed by atoms with E-state index in [1.54, 1.807) is 0 Å². The summed E-state index contributed by atoms with van der Waals surface area (Å²) in [4.78, 5) is 0. The van der Waals surface area contributed by atoms with Crippen molar-refractivity contribution in [1.82, 2.24) is 0 Å². The maximum Gasteiger partial charge on any atom is 0.152 e. The Hall–Kier alpha value is -0.0700. The Balaban J connectivity index is 2.16. The molecule has 0 aromatic heterocycles. The lowest BCUT2D eigenvalue weighted by molar-refractivity contribution is 0.602. The van der Waals surface area contributed by atoms with Gasteiger partial charge in [-0.05, 0) is 50.4 Å². The molecule has 1 atom stereocenters. The summed E-state index contributed by atoms with van der Waals surface area (Å²) in [5.74, 6) is 0.507. The van der Waals surface area contributed by atoms with Gasteiger partial charge in [-0.25, -0.2) is 8.42 Å². The standard InChI is InChI=1S/C10H11Br2NO2S/c11-8-2-1-3-9(12)10(8)13-7-4-5-16(14,15)6-7/h1-3,7,13H,4-6H2. The van der Waals surface area contributed by atoms with E-state index in [0.717, 1.165) is 14.6 Å². The van der Waals surface area contributed by atoms with Crippen LogP contribution in [0.3, 0.4) is 0 Å². The maximum absolute atomic E-state index is 11.3. The number of nitrogens with one attached hydrogen (secondary N) is 1. The predicted octanol–water partition coefficient (Wildman–Crippen LogP) is 2.81. The molecule has 6 heteroatoms. The van der Waals surface area contributed by atoms with Gasteiger partial charge in [0.25, 0.3) is 0 Å². The Labute approximate surface area is 112 Å². The number of sulfone groups is 1. The van der Waals surface area contributed by atoms with Crippen molar-refractivity contribution in [3.05, 3.63) is 27.1 Å². The van der Waals surface area contributed by atoms with Gasteiger partial charge < -0.3 is 5.32 Å². The highest BCUT2D eigenvalue weighted by Crippen LogP contribution is 2.32. The number of para-hydroxylation sites is 1. The Morgan fingerprint density at radius 3 is 2.38 bits per heavy atom. The van der Waals surface area contributed by atoms with E-state index in [0.29, 0.717) is 6.42 Å². The molecule has 0 bridgehead atoms. The summed E-state index contributed by atoms with van der Waals surface area (Å²) in [6.45, 7) is 0. The molecular weight excluding hydrogens is 358 g/mol. The molecule has 0 aliphatic carbocycles. The molecule has 3 nitrogen and oxygen atoms in total. The van der Waals surface area contributed by atoms with Gasteiger partial charge in [0.2, 0.25) is 0 Å². The van der Waals surface area contributed by atoms with Crippen molar-refractivity contribution in [2.45, 2.75) is 12.5 Å². The molecule has 0 radical (unpaired) electrons. The van der Waals surface area contributed by atoms with E-state index >= 15 is 0 Å². The molecule has 0 saturated carbocycles. The van der Waals surface area contributed by atoms with Crippen molar-refractivity contribution in [2.24, 2.45) is 0 Å². The molecule has 1 N–H and O–H groups in total. The first-order valence-corrected chi connectivity index (χ1v) is 8.30. The van der Waals surface area contributed by atoms with Gasteiger partial charge in [0, 0.05) is 15.0 Å². The molecule has 0 amide bonds. The Morgan fingerprint density at radius 2 is 1.88 bits per heavy atom. The number of rotatable bonds is 2. The summed E-state index contributed by atoms with van der Waals surface area (Å²) in [5, 5.41) is 3.26. The molecule has 1 fully saturated rings. The molecule has 1 unspecified atom stereocenters. The normalized spacial score (nSPS) is 23.2. The van der Waals surface area contributed by atoms with E-state index in [-0.39, 0.29) is 17.5 Å². The molecule has 1 aromatic carbocycles. The van der Waals surface area contributed by atoms with Crippen LogP contribution >= 0.6 is 31.9 Å². The van der Waals surface area contributed by atoms with Crippen molar-refractivity contribution < 1.29 is 8.42 Å². The largest absolute Gasteiger partial charge is 0.379 e. The van der Waals surface area contributed by atoms with Crippen molar-refractivity contribution in [2.75, 3.05) is 16.8 Å². The molecule has 1 aliphatic heterocycles. The Kier molecular flexibility index (Phi) is 3.61. The van der Waals surface area contributed by atoms with Crippen LogP contribution in [0.4, 0.5) is 5.69 Å². The molecule has 1 aliphatic rings. The minimum absolute atomic E-state index is 0.0139. The second-order valence-corrected chi connectivity index (χ2v) is 7.78. The monoisotopic (exact) mass is 367 g/mol. The summed E-state index contributed by atoms with van der Waals surface area (Å²) >= 11 is 6.88. The first kappa shape index (κ1) is 12.4. The van der Waals surface area contributed by atoms with Crippen LogP contribution in [0.15, 0.2) is 27.1 Å². The third kappa shape index (κ3) is 2.78. The lowest BCUT2D eigenvalue weighted by Crippen LogP contribution is -2.21. The van der Waals surface area contributed by atoms with Crippen molar-refractivity contribution in [3.8, 4) is 0 Å². The zero-order chi connectivity index (χ0) is 11.8. The molecular formula is C10H11Br2NO2S. The highest BCUT2D eigenvalue weighted by molar-refractivity contribution is 9.11. The van der Waals surface area contributed by atoms with Crippen LogP contribution in [0.5, 0.6) is 0 Å². The van der Waals surface area contributed by atoms with Crippen molar-refractivity contribution in [1.29, 1.82) is 0 Å². The van der Waals surface area contributed by atoms with E-state index in [9.17, 15) is 8.42 Å². The van der Waals surface area contributed by atoms with Crippen LogP contribution in [0.25, 0.3) is 0 Å². The van der Waals surface area contributed by atoms with Gasteiger partial charge in [0.05, 0.1) is 17.2 Å². The molecule has 2 rings (SSSR count). The van der Waals surface area contributed by atoms with Crippen LogP contribution in [0.2, 0.25) is 0 Å². The van der Waals surface area contributed by atoms with Crippen LogP contribution in [0.1, 0.15) is 6.42 Å². The summed E-state index contributed by atoms with van der Waals surface area (Å²) in [6.07, 6.45) is 0.677. The fourth-order valence-electron chi connectivity index (χ4n) is 1.75. The zero-order valence-corrected chi connectivity index (χ0v) is 12.4. The molecule has 16 heavy (non-hydrogen) atoms. The second kappa shape index (κ2) is 4.66. The summed E-state index contributed by atoms with van der Waals surface area (Å²) < 4.78 is 24.5. The van der Waals surface area contributed by atoms with Gasteiger partial charge in [-0.3, -0.25) is 0 Å². The van der Waals surface area contributed by atoms with E-state index in [1.807, 2.05) is 18.2 Å². The quantitative estimate of drug-likeness (QED) is 0.872. The highest BCUT2D eigenvalue weighted by Gasteiger charge is 2.28. The first-order valence-electron chi connectivity index (χ1n) is 4.89. The SMILES string of the molecule is O=S1(=O)CCC(Nc2c(Br)cccc2Br)C1. The highest BCUT2D eigenvalue weighted by atomic mass is 79.9. The predicted molar refractivity (Wildman–Crippen MR) is 72.5 cm³/mol. The Bertz CT molecular complexity index is 481. The van der Waals surface area contributed by atoms with Crippen molar-refractivity contribution in [3.63, 3.8) is 0 Å². The van der Waals surface area contributed by atoms with Crippen LogP contribution in [-0.4, -0.2) is 26.0 Å². The minimum atomic E-state index is -2.83. The smallest absolute Gasteiger partial charge is 0.152 e. The Morgan fingerprint density at radius 1 is 1.25 bits per heavy atom. The van der Waals surface area contributed by atoms with Crippen LogP contribution in [-0.2, 0) is 9.84 Å². The average molecular weight is 369 g/mol. The number of halogens is 2. The third-order valence-corrected chi connectivity index (χ3v) is 5.63. The number of anilines is 1. The second-order valence-electron chi connectivity index (χ2n) is 3.84. The number of hydrogen-bond acceptors (Lipinski definition) is 3. The van der Waals surface area contributed by atoms with Gasteiger partial charge >= 0.3 is 0 Å². The third-order valence-electron chi connectivity index (χ3n) is 2.54. The van der Waals surface area contributed by atoms with Gasteiger partial charge in [0.1, 0.15) is 0 Å². The maximum atomic E-state index is 11.3. The molecule has 0 spiro atoms. The van der Waals surface area contributed by atoms with Gasteiger partial charge in [0.15, 0.2) is 9.84 Å². The van der Waals surface area contributed by atoms with E-state index in [1.165, 1.54) is 0 Å². The van der Waals surface area contributed by atoms with E-state index in [2.05, 4.69) is 37.2 Å². The number of hydrogen-bond donors (Lipinski definition) is 1. The molecule has 1 heterocycles. The minimum Gasteiger partial charge on any atom is -0.379 e. The number of benzene rings is 1. The van der Waals surface area contributed by atoms with E-state index < -0.39 is 9.84 Å². The topological polar surface area (TPSA) is 46.2 Å². The first-order chi connectivity index (χ1) is 7.48. The zero-order valence-electron chi connectivity index (χ0n) is 8.41. The summed E-state index contributed by atoms with van der Waals surface area (Å²) in [7, 11) is -2.83. The van der Waals surface area contributed by atoms with Crippen LogP contribution in [0, 0.1) is 0 Å². The lowest BCUT2D eigenvalue weighted by atomic mass is 10.2. The fraction of sp³-hybridized carbons (Fsp3) is 0.400. The fourth-order valence-corrected chi connectivity index (χ4v) is 4.65. The average Bonchev–Trinajstić information content (AvgIpc) is 2.52. The molecule has 1 aromatic rings. The van der Waals surface area contributed by atoms with Gasteiger partial charge in [-0.15, -0.1) is 0 Å². The van der Waals surface area contributed by atoms with E-state index in [4.69, 9.17) is 0 Å². The lowest BCUT2D eigenvalue weighted by Gasteiger charge is -2.15. The van der Waals surface area contributed by atoms with Crippen LogP contribution < -0.4 is 5.32 Å². The summed E-state index contributed by atoms with van der Waals surface area (Å²) in [5.41, 5.74) is 0.921. The summed E-state index contributed by atoms with van der Waals surface area (Å²) in [6, 6.07) is 5.79. The van der Waals surface area contributed by atoms with Gasteiger partial charge in [-0.1, -0.05) is 6.07 Å². The molecule has 88 valence electrons. The van der Waals surface area contributed by atoms with Gasteiger partial charge in [-0.2, -0.15) is 0 Å². The van der Waals surface area contributed by atoms with Crippen molar-refractivity contribution >= 4 is 47.4 Å².